The molecule has 1 aliphatic heterocycles. The number of ether oxygens (including phenoxy) is 1. The van der Waals surface area contributed by atoms with Crippen molar-refractivity contribution in [1.29, 1.82) is 0 Å². The zero-order valence-corrected chi connectivity index (χ0v) is 15.2. The van der Waals surface area contributed by atoms with Crippen molar-refractivity contribution in [2.45, 2.75) is 12.8 Å². The number of hydrogen-bond donors (Lipinski definition) is 2. The number of amides is 1. The van der Waals surface area contributed by atoms with Gasteiger partial charge in [-0.3, -0.25) is 14.9 Å². The predicted octanol–water partition coefficient (Wildman–Crippen LogP) is 3.17. The van der Waals surface area contributed by atoms with Crippen LogP contribution < -0.4 is 10.1 Å². The number of nitrogens with zero attached hydrogens (tertiary/aromatic N) is 4. The van der Waals surface area contributed by atoms with Gasteiger partial charge in [0.15, 0.2) is 0 Å². The van der Waals surface area contributed by atoms with Gasteiger partial charge in [-0.15, -0.1) is 0 Å². The van der Waals surface area contributed by atoms with Crippen LogP contribution in [0.1, 0.15) is 5.69 Å². The van der Waals surface area contributed by atoms with Crippen molar-refractivity contribution < 1.29 is 27.8 Å². The Morgan fingerprint density at radius 3 is 2.80 bits per heavy atom. The Kier molecular flexibility index (Phi) is 4.96. The maximum absolute atomic E-state index is 12.7. The average Bonchev–Trinajstić information content (AvgIpc) is 3.34. The van der Waals surface area contributed by atoms with Crippen LogP contribution in [0.15, 0.2) is 59.5 Å². The molecule has 0 fully saturated rings. The molecule has 2 N–H and O–H groups in total. The maximum atomic E-state index is 12.7. The van der Waals surface area contributed by atoms with Gasteiger partial charge in [0.2, 0.25) is 5.88 Å². The van der Waals surface area contributed by atoms with Crippen LogP contribution in [-0.4, -0.2) is 44.2 Å². The van der Waals surface area contributed by atoms with Gasteiger partial charge in [0.25, 0.3) is 0 Å². The highest BCUT2D eigenvalue weighted by molar-refractivity contribution is 6.07. The first kappa shape index (κ1) is 19.6. The zero-order chi connectivity index (χ0) is 21.3. The second-order valence-electron chi connectivity index (χ2n) is 6.31. The maximum Gasteiger partial charge on any atom is 0.414 e. The molecule has 3 heterocycles. The number of hydrogen-bond acceptors (Lipinski definition) is 6. The quantitative estimate of drug-likeness (QED) is 0.682. The van der Waals surface area contributed by atoms with E-state index in [1.165, 1.54) is 23.2 Å². The zero-order valence-electron chi connectivity index (χ0n) is 15.2. The summed E-state index contributed by atoms with van der Waals surface area (Å²) in [6.07, 6.45) is -0.904. The lowest BCUT2D eigenvalue weighted by Crippen LogP contribution is -2.32. The first-order valence-corrected chi connectivity index (χ1v) is 8.68. The number of aromatic nitrogens is 3. The lowest BCUT2D eigenvalue weighted by Gasteiger charge is -2.08. The van der Waals surface area contributed by atoms with E-state index in [9.17, 15) is 18.0 Å². The van der Waals surface area contributed by atoms with Gasteiger partial charge in [-0.2, -0.15) is 13.2 Å². The number of benzene rings is 1. The van der Waals surface area contributed by atoms with E-state index in [4.69, 9.17) is 9.84 Å². The van der Waals surface area contributed by atoms with Crippen LogP contribution in [0.3, 0.4) is 0 Å². The lowest BCUT2D eigenvalue weighted by atomic mass is 10.2. The fourth-order valence-corrected chi connectivity index (χ4v) is 2.84. The molecule has 0 aliphatic carbocycles. The number of amidine groups is 1. The molecule has 0 saturated heterocycles. The Labute approximate surface area is 167 Å². The summed E-state index contributed by atoms with van der Waals surface area (Å²) >= 11 is 0. The third-order valence-corrected chi connectivity index (χ3v) is 4.29. The van der Waals surface area contributed by atoms with Crippen molar-refractivity contribution in [2.24, 2.45) is 4.99 Å². The minimum Gasteiger partial charge on any atom is -0.439 e. The van der Waals surface area contributed by atoms with Crippen LogP contribution in [0.4, 0.5) is 18.0 Å². The standard InChI is InChI=1S/C19H14F3N5O3/c20-19(21,22)12-6-16(23-8-12)26-18(29)27-4-3-11-5-14(1-2-15(11)27)30-17-7-13(9-28)24-10-25-17/h1-7,10,28H,8-9H2,(H,23,26,29). The van der Waals surface area contributed by atoms with Gasteiger partial charge in [0, 0.05) is 17.6 Å². The van der Waals surface area contributed by atoms with Crippen LogP contribution in [0.25, 0.3) is 10.9 Å². The fraction of sp³-hybridized carbons (Fsp3) is 0.158. The van der Waals surface area contributed by atoms with Gasteiger partial charge in [0.05, 0.1) is 29.9 Å². The Hall–Kier alpha value is -3.73. The third-order valence-electron chi connectivity index (χ3n) is 4.29. The molecule has 0 radical (unpaired) electrons. The molecule has 154 valence electrons. The van der Waals surface area contributed by atoms with Crippen molar-refractivity contribution in [3.63, 3.8) is 0 Å². The molecule has 30 heavy (non-hydrogen) atoms. The highest BCUT2D eigenvalue weighted by Gasteiger charge is 2.35. The van der Waals surface area contributed by atoms with Gasteiger partial charge in [-0.25, -0.2) is 14.8 Å². The number of carbonyl (C=O) groups excluding carboxylic acids is 1. The molecule has 0 bridgehead atoms. The summed E-state index contributed by atoms with van der Waals surface area (Å²) in [5.41, 5.74) is 0.115. The van der Waals surface area contributed by atoms with Crippen molar-refractivity contribution in [2.75, 3.05) is 6.54 Å². The van der Waals surface area contributed by atoms with E-state index in [2.05, 4.69) is 20.3 Å². The van der Waals surface area contributed by atoms with E-state index < -0.39 is 24.3 Å². The number of fused-ring (bicyclic) bond motifs is 1. The molecule has 1 aromatic carbocycles. The van der Waals surface area contributed by atoms with Crippen LogP contribution in [0.2, 0.25) is 0 Å². The van der Waals surface area contributed by atoms with Crippen molar-refractivity contribution in [1.82, 2.24) is 19.9 Å². The van der Waals surface area contributed by atoms with Gasteiger partial charge >= 0.3 is 12.2 Å². The van der Waals surface area contributed by atoms with Crippen LogP contribution in [-0.2, 0) is 6.61 Å². The number of carbonyl (C=O) groups is 1. The van der Waals surface area contributed by atoms with E-state index in [1.54, 1.807) is 24.3 Å². The number of aliphatic imine (C=N–C) groups is 1. The molecule has 0 spiro atoms. The molecule has 0 unspecified atom stereocenters. The highest BCUT2D eigenvalue weighted by atomic mass is 19.4. The largest absolute Gasteiger partial charge is 0.439 e. The highest BCUT2D eigenvalue weighted by Crippen LogP contribution is 2.28. The summed E-state index contributed by atoms with van der Waals surface area (Å²) in [4.78, 5) is 24.0. The Morgan fingerprint density at radius 1 is 1.23 bits per heavy atom. The molecule has 11 heteroatoms. The van der Waals surface area contributed by atoms with Crippen LogP contribution in [0, 0.1) is 0 Å². The third kappa shape index (κ3) is 4.01. The summed E-state index contributed by atoms with van der Waals surface area (Å²) in [5, 5.41) is 12.2. The van der Waals surface area contributed by atoms with Crippen molar-refractivity contribution in [3.8, 4) is 11.6 Å². The average molecular weight is 417 g/mol. The Morgan fingerprint density at radius 2 is 2.07 bits per heavy atom. The molecule has 1 amide bonds. The van der Waals surface area contributed by atoms with Crippen LogP contribution >= 0.6 is 0 Å². The number of halogens is 3. The molecular formula is C19H14F3N5O3. The number of alkyl halides is 3. The first-order valence-electron chi connectivity index (χ1n) is 8.68. The summed E-state index contributed by atoms with van der Waals surface area (Å²) in [5.74, 6) is 0.552. The normalized spacial score (nSPS) is 13.9. The molecule has 3 aromatic rings. The second-order valence-corrected chi connectivity index (χ2v) is 6.31. The molecule has 4 rings (SSSR count). The van der Waals surface area contributed by atoms with Crippen molar-refractivity contribution in [3.05, 3.63) is 60.2 Å². The molecule has 0 saturated carbocycles. The lowest BCUT2D eigenvalue weighted by molar-refractivity contribution is -0.0916. The van der Waals surface area contributed by atoms with E-state index in [0.717, 1.165) is 6.08 Å². The number of aliphatic hydroxyl groups is 1. The van der Waals surface area contributed by atoms with E-state index in [-0.39, 0.29) is 18.3 Å². The van der Waals surface area contributed by atoms with Gasteiger partial charge in [0.1, 0.15) is 17.9 Å². The summed E-state index contributed by atoms with van der Waals surface area (Å²) in [7, 11) is 0. The Bertz CT molecular complexity index is 1180. The van der Waals surface area contributed by atoms with Gasteiger partial charge in [-0.05, 0) is 30.3 Å². The van der Waals surface area contributed by atoms with E-state index in [0.29, 0.717) is 22.3 Å². The predicted molar refractivity (Wildman–Crippen MR) is 100 cm³/mol. The minimum absolute atomic E-state index is 0.141. The molecular weight excluding hydrogens is 403 g/mol. The summed E-state index contributed by atoms with van der Waals surface area (Å²) in [6.45, 7) is -0.770. The van der Waals surface area contributed by atoms with Gasteiger partial charge in [-0.1, -0.05) is 0 Å². The molecule has 1 aliphatic rings. The molecule has 0 atom stereocenters. The number of nitrogens with one attached hydrogen (secondary N) is 1. The second kappa shape index (κ2) is 7.59. The fourth-order valence-electron chi connectivity index (χ4n) is 2.84. The smallest absolute Gasteiger partial charge is 0.414 e. The SMILES string of the molecule is O=C(NC1=NCC(C(F)(F)F)=C1)n1ccc2cc(Oc3cc(CO)ncn3)ccc21. The first-order chi connectivity index (χ1) is 14.3. The van der Waals surface area contributed by atoms with E-state index in [1.807, 2.05) is 0 Å². The Balaban J connectivity index is 1.51. The number of aliphatic hydroxyl groups excluding tert-OH is 1. The molecule has 2 aromatic heterocycles. The monoisotopic (exact) mass is 417 g/mol. The van der Waals surface area contributed by atoms with Crippen LogP contribution in [0.5, 0.6) is 11.6 Å². The minimum atomic E-state index is -4.48. The molecule has 8 nitrogen and oxygen atoms in total. The summed E-state index contributed by atoms with van der Waals surface area (Å²) in [6, 6.07) is 7.44. The topological polar surface area (TPSA) is 102 Å². The van der Waals surface area contributed by atoms with Crippen molar-refractivity contribution >= 4 is 22.8 Å². The van der Waals surface area contributed by atoms with Gasteiger partial charge < -0.3 is 9.84 Å². The number of rotatable bonds is 3. The van der Waals surface area contributed by atoms with E-state index >= 15 is 0 Å². The summed E-state index contributed by atoms with van der Waals surface area (Å²) < 4.78 is 45.0.